The Balaban J connectivity index is 2.67. The van der Waals surface area contributed by atoms with Crippen LogP contribution in [0.4, 0.5) is 14.5 Å². The molecule has 0 spiro atoms. The van der Waals surface area contributed by atoms with Gasteiger partial charge >= 0.3 is 0 Å². The predicted octanol–water partition coefficient (Wildman–Crippen LogP) is 1.76. The Kier molecular flexibility index (Phi) is 3.19. The summed E-state index contributed by atoms with van der Waals surface area (Å²) in [5.41, 5.74) is 0.197. The number of hydrogen-bond acceptors (Lipinski definition) is 2. The van der Waals surface area contributed by atoms with E-state index in [4.69, 9.17) is 5.11 Å². The average molecular weight is 187 g/mol. The summed E-state index contributed by atoms with van der Waals surface area (Å²) in [5.74, 6) is -1.26. The Morgan fingerprint density at radius 3 is 2.69 bits per heavy atom. The van der Waals surface area contributed by atoms with Crippen LogP contribution in [0, 0.1) is 11.6 Å². The van der Waals surface area contributed by atoms with Crippen molar-refractivity contribution in [3.63, 3.8) is 0 Å². The van der Waals surface area contributed by atoms with E-state index in [-0.39, 0.29) is 12.2 Å². The summed E-state index contributed by atoms with van der Waals surface area (Å²) >= 11 is 0. The van der Waals surface area contributed by atoms with Crippen LogP contribution in [0.3, 0.4) is 0 Å². The zero-order valence-electron chi connectivity index (χ0n) is 7.22. The molecule has 1 atom stereocenters. The molecule has 72 valence electrons. The van der Waals surface area contributed by atoms with Gasteiger partial charge in [0.15, 0.2) is 0 Å². The highest BCUT2D eigenvalue weighted by Gasteiger charge is 2.03. The summed E-state index contributed by atoms with van der Waals surface area (Å²) in [6.45, 7) is 1.82. The van der Waals surface area contributed by atoms with Crippen molar-refractivity contribution in [1.82, 2.24) is 0 Å². The molecule has 0 aliphatic heterocycles. The minimum Gasteiger partial charge on any atom is -0.392 e. The Hall–Kier alpha value is -1.16. The number of hydrogen-bond donors (Lipinski definition) is 2. The van der Waals surface area contributed by atoms with Crippen LogP contribution in [0.5, 0.6) is 0 Å². The van der Waals surface area contributed by atoms with Crippen LogP contribution < -0.4 is 5.32 Å². The van der Waals surface area contributed by atoms with E-state index >= 15 is 0 Å². The van der Waals surface area contributed by atoms with Crippen molar-refractivity contribution in [1.29, 1.82) is 0 Å². The summed E-state index contributed by atoms with van der Waals surface area (Å²) in [6.07, 6.45) is -0.565. The second-order valence-electron chi connectivity index (χ2n) is 2.85. The van der Waals surface area contributed by atoms with Gasteiger partial charge in [-0.3, -0.25) is 0 Å². The molecular formula is C9H11F2NO. The largest absolute Gasteiger partial charge is 0.392 e. The molecule has 0 aliphatic rings. The van der Waals surface area contributed by atoms with Gasteiger partial charge in [-0.1, -0.05) is 0 Å². The molecule has 0 saturated heterocycles. The van der Waals surface area contributed by atoms with Gasteiger partial charge in [0, 0.05) is 12.6 Å². The fraction of sp³-hybridized carbons (Fsp3) is 0.333. The first-order chi connectivity index (χ1) is 6.09. The first-order valence-corrected chi connectivity index (χ1v) is 3.96. The fourth-order valence-corrected chi connectivity index (χ4v) is 0.891. The molecule has 1 rings (SSSR count). The van der Waals surface area contributed by atoms with Crippen molar-refractivity contribution >= 4 is 5.69 Å². The third kappa shape index (κ3) is 2.99. The number of rotatable bonds is 3. The molecule has 0 unspecified atom stereocenters. The molecule has 4 heteroatoms. The zero-order valence-corrected chi connectivity index (χ0v) is 7.22. The van der Waals surface area contributed by atoms with Crippen LogP contribution in [-0.2, 0) is 0 Å². The van der Waals surface area contributed by atoms with Crippen LogP contribution in [0.15, 0.2) is 18.2 Å². The molecule has 1 aromatic carbocycles. The molecule has 0 amide bonds. The number of halogens is 2. The highest BCUT2D eigenvalue weighted by molar-refractivity contribution is 5.44. The maximum atomic E-state index is 12.9. The van der Waals surface area contributed by atoms with E-state index < -0.39 is 17.7 Å². The van der Waals surface area contributed by atoms with E-state index in [2.05, 4.69) is 5.32 Å². The molecule has 0 bridgehead atoms. The quantitative estimate of drug-likeness (QED) is 0.755. The van der Waals surface area contributed by atoms with Crippen molar-refractivity contribution in [3.8, 4) is 0 Å². The van der Waals surface area contributed by atoms with Gasteiger partial charge < -0.3 is 10.4 Å². The van der Waals surface area contributed by atoms with Crippen LogP contribution in [0.25, 0.3) is 0 Å². The van der Waals surface area contributed by atoms with Gasteiger partial charge in [0.2, 0.25) is 0 Å². The standard InChI is InChI=1S/C9H11F2NO/c1-6(13)5-12-9-3-2-7(10)4-8(9)11/h2-4,6,12-13H,5H2,1H3/t6-/m0/s1. The van der Waals surface area contributed by atoms with Gasteiger partial charge in [0.05, 0.1) is 11.8 Å². The smallest absolute Gasteiger partial charge is 0.149 e. The Morgan fingerprint density at radius 1 is 1.46 bits per heavy atom. The summed E-state index contributed by atoms with van der Waals surface area (Å²) in [4.78, 5) is 0. The Morgan fingerprint density at radius 2 is 2.15 bits per heavy atom. The minimum absolute atomic E-state index is 0.197. The molecule has 0 heterocycles. The predicted molar refractivity (Wildman–Crippen MR) is 46.5 cm³/mol. The third-order valence-corrected chi connectivity index (χ3v) is 1.52. The second kappa shape index (κ2) is 4.18. The lowest BCUT2D eigenvalue weighted by molar-refractivity contribution is 0.208. The lowest BCUT2D eigenvalue weighted by Gasteiger charge is -2.08. The van der Waals surface area contributed by atoms with Crippen LogP contribution in [-0.4, -0.2) is 17.8 Å². The maximum absolute atomic E-state index is 12.9. The van der Waals surface area contributed by atoms with Crippen molar-refractivity contribution < 1.29 is 13.9 Å². The molecule has 2 nitrogen and oxygen atoms in total. The molecular weight excluding hydrogens is 176 g/mol. The first kappa shape index (κ1) is 9.92. The number of aliphatic hydroxyl groups is 1. The molecule has 2 N–H and O–H groups in total. The van der Waals surface area contributed by atoms with Crippen LogP contribution in [0.1, 0.15) is 6.92 Å². The van der Waals surface area contributed by atoms with Gasteiger partial charge in [-0.15, -0.1) is 0 Å². The highest BCUT2D eigenvalue weighted by atomic mass is 19.1. The fourth-order valence-electron chi connectivity index (χ4n) is 0.891. The minimum atomic E-state index is -0.652. The van der Waals surface area contributed by atoms with E-state index in [1.165, 1.54) is 6.07 Å². The molecule has 1 aromatic rings. The van der Waals surface area contributed by atoms with Crippen molar-refractivity contribution in [2.75, 3.05) is 11.9 Å². The lowest BCUT2D eigenvalue weighted by Crippen LogP contribution is -2.16. The van der Waals surface area contributed by atoms with E-state index in [0.717, 1.165) is 12.1 Å². The van der Waals surface area contributed by atoms with Crippen LogP contribution >= 0.6 is 0 Å². The Bertz CT molecular complexity index is 289. The van der Waals surface area contributed by atoms with Crippen LogP contribution in [0.2, 0.25) is 0 Å². The Labute approximate surface area is 75.2 Å². The van der Waals surface area contributed by atoms with Gasteiger partial charge in [-0.25, -0.2) is 8.78 Å². The molecule has 0 aliphatic carbocycles. The van der Waals surface area contributed by atoms with E-state index in [1.807, 2.05) is 0 Å². The van der Waals surface area contributed by atoms with Crippen molar-refractivity contribution in [2.45, 2.75) is 13.0 Å². The summed E-state index contributed by atoms with van der Waals surface area (Å²) in [5, 5.41) is 11.5. The molecule has 13 heavy (non-hydrogen) atoms. The molecule has 0 radical (unpaired) electrons. The second-order valence-corrected chi connectivity index (χ2v) is 2.85. The number of benzene rings is 1. The van der Waals surface area contributed by atoms with Gasteiger partial charge in [0.25, 0.3) is 0 Å². The maximum Gasteiger partial charge on any atom is 0.149 e. The van der Waals surface area contributed by atoms with Crippen molar-refractivity contribution in [3.05, 3.63) is 29.8 Å². The number of anilines is 1. The summed E-state index contributed by atoms with van der Waals surface area (Å²) in [6, 6.07) is 3.25. The average Bonchev–Trinajstić information content (AvgIpc) is 2.02. The van der Waals surface area contributed by atoms with E-state index in [1.54, 1.807) is 6.92 Å². The SMILES string of the molecule is C[C@H](O)CNc1ccc(F)cc1F. The lowest BCUT2D eigenvalue weighted by atomic mass is 10.3. The summed E-state index contributed by atoms with van der Waals surface area (Å²) in [7, 11) is 0. The summed E-state index contributed by atoms with van der Waals surface area (Å²) < 4.78 is 25.3. The zero-order chi connectivity index (χ0) is 9.84. The van der Waals surface area contributed by atoms with E-state index in [0.29, 0.717) is 0 Å². The first-order valence-electron chi connectivity index (χ1n) is 3.96. The van der Waals surface area contributed by atoms with Gasteiger partial charge in [0.1, 0.15) is 11.6 Å². The number of aliphatic hydroxyl groups excluding tert-OH is 1. The monoisotopic (exact) mass is 187 g/mol. The van der Waals surface area contributed by atoms with Crippen molar-refractivity contribution in [2.24, 2.45) is 0 Å². The third-order valence-electron chi connectivity index (χ3n) is 1.52. The molecule has 0 aromatic heterocycles. The van der Waals surface area contributed by atoms with Gasteiger partial charge in [-0.2, -0.15) is 0 Å². The highest BCUT2D eigenvalue weighted by Crippen LogP contribution is 2.14. The van der Waals surface area contributed by atoms with Gasteiger partial charge in [-0.05, 0) is 19.1 Å². The topological polar surface area (TPSA) is 32.3 Å². The number of nitrogens with one attached hydrogen (secondary N) is 1. The normalized spacial score (nSPS) is 12.6. The molecule has 0 saturated carbocycles. The van der Waals surface area contributed by atoms with E-state index in [9.17, 15) is 8.78 Å². The molecule has 0 fully saturated rings.